The van der Waals surface area contributed by atoms with Crippen molar-refractivity contribution in [2.45, 2.75) is 20.3 Å². The fourth-order valence-electron chi connectivity index (χ4n) is 2.02. The second kappa shape index (κ2) is 5.67. The third-order valence-electron chi connectivity index (χ3n) is 2.96. The molecule has 0 spiro atoms. The average molecular weight is 308 g/mol. The molecule has 4 heteroatoms. The molecule has 0 bridgehead atoms. The smallest absolute Gasteiger partial charge is 0.110 e. The van der Waals surface area contributed by atoms with Gasteiger partial charge in [-0.2, -0.15) is 0 Å². The van der Waals surface area contributed by atoms with Crippen LogP contribution in [0, 0.1) is 13.8 Å². The summed E-state index contributed by atoms with van der Waals surface area (Å²) in [7, 11) is 1.95. The van der Waals surface area contributed by atoms with Gasteiger partial charge >= 0.3 is 0 Å². The van der Waals surface area contributed by atoms with Crippen molar-refractivity contribution in [3.05, 3.63) is 39.8 Å². The fraction of sp³-hybridized carbons (Fsp3) is 0.357. The maximum Gasteiger partial charge on any atom is 0.110 e. The first-order chi connectivity index (χ1) is 8.61. The van der Waals surface area contributed by atoms with Gasteiger partial charge < -0.3 is 10.3 Å². The highest BCUT2D eigenvalue weighted by atomic mass is 79.9. The Bertz CT molecular complexity index is 546. The zero-order valence-electron chi connectivity index (χ0n) is 11.0. The molecule has 2 aromatic rings. The van der Waals surface area contributed by atoms with Crippen molar-refractivity contribution in [2.75, 3.05) is 13.6 Å². The van der Waals surface area contributed by atoms with Gasteiger partial charge in [0.2, 0.25) is 0 Å². The van der Waals surface area contributed by atoms with Gasteiger partial charge in [0.05, 0.1) is 0 Å². The predicted molar refractivity (Wildman–Crippen MR) is 78.8 cm³/mol. The summed E-state index contributed by atoms with van der Waals surface area (Å²) >= 11 is 3.56. The van der Waals surface area contributed by atoms with E-state index in [-0.39, 0.29) is 0 Å². The van der Waals surface area contributed by atoms with Crippen molar-refractivity contribution < 1.29 is 0 Å². The van der Waals surface area contributed by atoms with E-state index in [1.165, 1.54) is 16.7 Å². The highest BCUT2D eigenvalue weighted by Crippen LogP contribution is 2.29. The standard InChI is InChI=1S/C14H18BrN3/c1-9-4-5-11(10(2)8-9)13-14(15)18-12(17-13)6-7-16-3/h4-5,8,16H,6-7H2,1-3H3,(H,17,18). The summed E-state index contributed by atoms with van der Waals surface area (Å²) in [6.07, 6.45) is 0.903. The van der Waals surface area contributed by atoms with E-state index in [2.05, 4.69) is 63.3 Å². The number of nitrogens with one attached hydrogen (secondary N) is 2. The Balaban J connectivity index is 2.35. The van der Waals surface area contributed by atoms with Gasteiger partial charge in [-0.15, -0.1) is 0 Å². The van der Waals surface area contributed by atoms with Gasteiger partial charge in [-0.05, 0) is 42.4 Å². The van der Waals surface area contributed by atoms with Crippen LogP contribution in [0.1, 0.15) is 17.0 Å². The first kappa shape index (κ1) is 13.3. The number of aromatic amines is 1. The van der Waals surface area contributed by atoms with Crippen LogP contribution in [0.25, 0.3) is 11.3 Å². The van der Waals surface area contributed by atoms with E-state index in [0.29, 0.717) is 0 Å². The van der Waals surface area contributed by atoms with Gasteiger partial charge in [0.1, 0.15) is 16.1 Å². The van der Waals surface area contributed by atoms with Crippen LogP contribution in [0.3, 0.4) is 0 Å². The number of hydrogen-bond donors (Lipinski definition) is 2. The lowest BCUT2D eigenvalue weighted by molar-refractivity contribution is 0.764. The zero-order chi connectivity index (χ0) is 13.1. The largest absolute Gasteiger partial charge is 0.336 e. The maximum atomic E-state index is 4.67. The molecule has 0 saturated carbocycles. The lowest BCUT2D eigenvalue weighted by Crippen LogP contribution is -2.11. The number of halogens is 1. The summed E-state index contributed by atoms with van der Waals surface area (Å²) < 4.78 is 0.959. The van der Waals surface area contributed by atoms with Crippen molar-refractivity contribution in [1.82, 2.24) is 15.3 Å². The van der Waals surface area contributed by atoms with E-state index < -0.39 is 0 Å². The Morgan fingerprint density at radius 3 is 2.78 bits per heavy atom. The van der Waals surface area contributed by atoms with Crippen LogP contribution < -0.4 is 5.32 Å². The second-order valence-electron chi connectivity index (χ2n) is 4.52. The number of aromatic nitrogens is 2. The lowest BCUT2D eigenvalue weighted by atomic mass is 10.0. The van der Waals surface area contributed by atoms with E-state index in [4.69, 9.17) is 0 Å². The number of H-pyrrole nitrogens is 1. The average Bonchev–Trinajstić information content (AvgIpc) is 2.68. The van der Waals surface area contributed by atoms with Gasteiger partial charge in [0, 0.05) is 18.5 Å². The number of imidazole rings is 1. The van der Waals surface area contributed by atoms with E-state index in [1.807, 2.05) is 7.05 Å². The van der Waals surface area contributed by atoms with Gasteiger partial charge in [0.15, 0.2) is 0 Å². The van der Waals surface area contributed by atoms with Crippen LogP contribution in [0.4, 0.5) is 0 Å². The third kappa shape index (κ3) is 2.82. The maximum absolute atomic E-state index is 4.67. The van der Waals surface area contributed by atoms with Gasteiger partial charge in [-0.3, -0.25) is 0 Å². The highest BCUT2D eigenvalue weighted by Gasteiger charge is 2.11. The topological polar surface area (TPSA) is 40.7 Å². The molecule has 0 fully saturated rings. The molecular weight excluding hydrogens is 290 g/mol. The Kier molecular flexibility index (Phi) is 4.19. The number of rotatable bonds is 4. The number of benzene rings is 1. The molecule has 96 valence electrons. The SMILES string of the molecule is CNCCc1nc(-c2ccc(C)cc2C)c(Br)[nH]1. The molecule has 2 N–H and O–H groups in total. The molecule has 0 unspecified atom stereocenters. The summed E-state index contributed by atoms with van der Waals surface area (Å²) in [5, 5.41) is 3.13. The Morgan fingerprint density at radius 1 is 1.33 bits per heavy atom. The summed E-state index contributed by atoms with van der Waals surface area (Å²) in [6, 6.07) is 6.44. The van der Waals surface area contributed by atoms with Crippen LogP contribution in [0.15, 0.2) is 22.8 Å². The highest BCUT2D eigenvalue weighted by molar-refractivity contribution is 9.10. The van der Waals surface area contributed by atoms with Crippen molar-refractivity contribution in [3.8, 4) is 11.3 Å². The third-order valence-corrected chi connectivity index (χ3v) is 3.53. The molecule has 1 aromatic heterocycles. The van der Waals surface area contributed by atoms with E-state index in [9.17, 15) is 0 Å². The molecule has 0 aliphatic heterocycles. The summed E-state index contributed by atoms with van der Waals surface area (Å²) in [5.74, 6) is 1.01. The van der Waals surface area contributed by atoms with Crippen molar-refractivity contribution in [3.63, 3.8) is 0 Å². The van der Waals surface area contributed by atoms with Crippen molar-refractivity contribution >= 4 is 15.9 Å². The molecule has 0 radical (unpaired) electrons. The number of likely N-dealkylation sites (N-methyl/N-ethyl adjacent to an activating group) is 1. The summed E-state index contributed by atoms with van der Waals surface area (Å²) in [4.78, 5) is 7.95. The molecule has 0 amide bonds. The molecule has 2 rings (SSSR count). The molecule has 0 saturated heterocycles. The van der Waals surface area contributed by atoms with Crippen LogP contribution in [-0.4, -0.2) is 23.6 Å². The van der Waals surface area contributed by atoms with E-state index in [0.717, 1.165) is 29.1 Å². The first-order valence-electron chi connectivity index (χ1n) is 6.08. The quantitative estimate of drug-likeness (QED) is 0.910. The van der Waals surface area contributed by atoms with Crippen molar-refractivity contribution in [2.24, 2.45) is 0 Å². The number of hydrogen-bond acceptors (Lipinski definition) is 2. The van der Waals surface area contributed by atoms with E-state index >= 15 is 0 Å². The molecule has 1 aromatic carbocycles. The monoisotopic (exact) mass is 307 g/mol. The van der Waals surface area contributed by atoms with Crippen LogP contribution in [-0.2, 0) is 6.42 Å². The summed E-state index contributed by atoms with van der Waals surface area (Å²) in [5.41, 5.74) is 4.71. The number of aryl methyl sites for hydroxylation is 2. The predicted octanol–water partition coefficient (Wildman–Crippen LogP) is 3.22. The Hall–Kier alpha value is -1.13. The van der Waals surface area contributed by atoms with Gasteiger partial charge in [-0.25, -0.2) is 4.98 Å². The lowest BCUT2D eigenvalue weighted by Gasteiger charge is -2.04. The second-order valence-corrected chi connectivity index (χ2v) is 5.31. The van der Waals surface area contributed by atoms with Crippen molar-refractivity contribution in [1.29, 1.82) is 0 Å². The van der Waals surface area contributed by atoms with E-state index in [1.54, 1.807) is 0 Å². The molecule has 0 aliphatic rings. The van der Waals surface area contributed by atoms with Crippen LogP contribution in [0.2, 0.25) is 0 Å². The minimum atomic E-state index is 0.903. The van der Waals surface area contributed by atoms with Gasteiger partial charge in [0.25, 0.3) is 0 Å². The fourth-order valence-corrected chi connectivity index (χ4v) is 2.55. The van der Waals surface area contributed by atoms with Gasteiger partial charge in [-0.1, -0.05) is 23.8 Å². The Labute approximate surface area is 116 Å². The minimum absolute atomic E-state index is 0.903. The first-order valence-corrected chi connectivity index (χ1v) is 6.87. The zero-order valence-corrected chi connectivity index (χ0v) is 12.6. The summed E-state index contributed by atoms with van der Waals surface area (Å²) in [6.45, 7) is 5.15. The molecule has 0 aliphatic carbocycles. The number of nitrogens with zero attached hydrogens (tertiary/aromatic N) is 1. The Morgan fingerprint density at radius 2 is 2.11 bits per heavy atom. The molecule has 3 nitrogen and oxygen atoms in total. The molecule has 18 heavy (non-hydrogen) atoms. The minimum Gasteiger partial charge on any atom is -0.336 e. The normalized spacial score (nSPS) is 10.9. The molecule has 1 heterocycles. The van der Waals surface area contributed by atoms with Crippen LogP contribution >= 0.6 is 15.9 Å². The molecule has 0 atom stereocenters. The van der Waals surface area contributed by atoms with Crippen LogP contribution in [0.5, 0.6) is 0 Å². The molecular formula is C14H18BrN3.